The van der Waals surface area contributed by atoms with Crippen molar-refractivity contribution in [3.8, 4) is 0 Å². The summed E-state index contributed by atoms with van der Waals surface area (Å²) in [7, 11) is 0. The van der Waals surface area contributed by atoms with Gasteiger partial charge in [0, 0.05) is 18.4 Å². The Morgan fingerprint density at radius 2 is 2.28 bits per heavy atom. The zero-order chi connectivity index (χ0) is 13.1. The number of hydrogen-bond acceptors (Lipinski definition) is 3. The number of hydrogen-bond donors (Lipinski definition) is 2. The second-order valence-electron chi connectivity index (χ2n) is 4.30. The van der Waals surface area contributed by atoms with E-state index >= 15 is 0 Å². The van der Waals surface area contributed by atoms with Crippen LogP contribution in [0.5, 0.6) is 0 Å². The highest BCUT2D eigenvalue weighted by molar-refractivity contribution is 5.66. The lowest BCUT2D eigenvalue weighted by Gasteiger charge is -2.06. The van der Waals surface area contributed by atoms with Crippen molar-refractivity contribution in [3.05, 3.63) is 18.2 Å². The van der Waals surface area contributed by atoms with Gasteiger partial charge in [0.25, 0.3) is 0 Å². The van der Waals surface area contributed by atoms with Crippen molar-refractivity contribution in [3.63, 3.8) is 0 Å². The highest BCUT2D eigenvalue weighted by atomic mass is 16.5. The first-order chi connectivity index (χ1) is 8.83. The number of aromatic amines is 1. The van der Waals surface area contributed by atoms with Crippen molar-refractivity contribution >= 4 is 6.09 Å². The molecule has 0 bridgehead atoms. The molecule has 1 amide bonds. The maximum atomic E-state index is 11.3. The number of ether oxygens (including phenoxy) is 1. The van der Waals surface area contributed by atoms with Crippen LogP contribution in [0.2, 0.25) is 0 Å². The van der Waals surface area contributed by atoms with Crippen molar-refractivity contribution in [1.82, 2.24) is 15.3 Å². The molecule has 5 heteroatoms. The van der Waals surface area contributed by atoms with E-state index in [9.17, 15) is 4.79 Å². The van der Waals surface area contributed by atoms with Crippen molar-refractivity contribution in [2.75, 3.05) is 13.2 Å². The van der Waals surface area contributed by atoms with Gasteiger partial charge in [-0.15, -0.1) is 0 Å². The molecule has 0 saturated heterocycles. The number of H-pyrrole nitrogens is 1. The van der Waals surface area contributed by atoms with Crippen molar-refractivity contribution < 1.29 is 9.53 Å². The smallest absolute Gasteiger partial charge is 0.407 e. The lowest BCUT2D eigenvalue weighted by atomic mass is 10.2. The van der Waals surface area contributed by atoms with Gasteiger partial charge in [-0.3, -0.25) is 0 Å². The standard InChI is InChI=1S/C13H23N3O2/c1-2-3-4-5-9-18-13(17)15-8-6-7-12-10-14-11-16-12/h10-11H,2-9H2,1H3,(H,14,16)(H,15,17). The number of amides is 1. The summed E-state index contributed by atoms with van der Waals surface area (Å²) in [6.45, 7) is 3.31. The lowest BCUT2D eigenvalue weighted by Crippen LogP contribution is -2.26. The van der Waals surface area contributed by atoms with Crippen LogP contribution >= 0.6 is 0 Å². The number of aromatic nitrogens is 2. The quantitative estimate of drug-likeness (QED) is 0.665. The highest BCUT2D eigenvalue weighted by Crippen LogP contribution is 1.99. The molecule has 102 valence electrons. The van der Waals surface area contributed by atoms with Gasteiger partial charge in [-0.1, -0.05) is 26.2 Å². The number of carbonyl (C=O) groups is 1. The third-order valence-electron chi connectivity index (χ3n) is 2.68. The summed E-state index contributed by atoms with van der Waals surface area (Å²) in [5.74, 6) is 0. The highest BCUT2D eigenvalue weighted by Gasteiger charge is 2.01. The number of nitrogens with one attached hydrogen (secondary N) is 2. The maximum absolute atomic E-state index is 11.3. The average molecular weight is 253 g/mol. The molecule has 0 unspecified atom stereocenters. The molecule has 0 spiro atoms. The molecule has 1 rings (SSSR count). The summed E-state index contributed by atoms with van der Waals surface area (Å²) in [5, 5.41) is 2.74. The first-order valence-electron chi connectivity index (χ1n) is 6.70. The minimum Gasteiger partial charge on any atom is -0.450 e. The molecule has 18 heavy (non-hydrogen) atoms. The fourth-order valence-corrected chi connectivity index (χ4v) is 1.64. The van der Waals surface area contributed by atoms with Crippen LogP contribution in [0.1, 0.15) is 44.7 Å². The van der Waals surface area contributed by atoms with Crippen LogP contribution in [0.4, 0.5) is 4.79 Å². The number of imidazole rings is 1. The molecule has 1 aromatic heterocycles. The van der Waals surface area contributed by atoms with E-state index < -0.39 is 0 Å². The van der Waals surface area contributed by atoms with E-state index in [1.807, 2.05) is 0 Å². The van der Waals surface area contributed by atoms with Gasteiger partial charge in [0.2, 0.25) is 0 Å². The molecular formula is C13H23N3O2. The van der Waals surface area contributed by atoms with Gasteiger partial charge in [-0.05, 0) is 19.3 Å². The molecule has 0 radical (unpaired) electrons. The summed E-state index contributed by atoms with van der Waals surface area (Å²) < 4.78 is 5.06. The Morgan fingerprint density at radius 3 is 3.00 bits per heavy atom. The van der Waals surface area contributed by atoms with E-state index in [1.54, 1.807) is 12.5 Å². The van der Waals surface area contributed by atoms with Gasteiger partial charge in [-0.2, -0.15) is 0 Å². The Morgan fingerprint density at radius 1 is 1.39 bits per heavy atom. The number of nitrogens with zero attached hydrogens (tertiary/aromatic N) is 1. The van der Waals surface area contributed by atoms with Gasteiger partial charge < -0.3 is 15.0 Å². The predicted octanol–water partition coefficient (Wildman–Crippen LogP) is 2.65. The molecule has 0 atom stereocenters. The fourth-order valence-electron chi connectivity index (χ4n) is 1.64. The average Bonchev–Trinajstić information content (AvgIpc) is 2.87. The minimum atomic E-state index is -0.309. The van der Waals surface area contributed by atoms with Gasteiger partial charge in [-0.25, -0.2) is 9.78 Å². The van der Waals surface area contributed by atoms with Crippen LogP contribution in [0.25, 0.3) is 0 Å². The number of aryl methyl sites for hydroxylation is 1. The van der Waals surface area contributed by atoms with E-state index in [0.717, 1.165) is 31.4 Å². The molecule has 5 nitrogen and oxygen atoms in total. The first kappa shape index (κ1) is 14.5. The lowest BCUT2D eigenvalue weighted by molar-refractivity contribution is 0.144. The molecule has 1 aromatic rings. The Balaban J connectivity index is 1.90. The van der Waals surface area contributed by atoms with Crippen molar-refractivity contribution in [2.45, 2.75) is 45.4 Å². The van der Waals surface area contributed by atoms with Gasteiger partial charge >= 0.3 is 6.09 Å². The van der Waals surface area contributed by atoms with E-state index in [-0.39, 0.29) is 6.09 Å². The van der Waals surface area contributed by atoms with Crippen LogP contribution in [0.15, 0.2) is 12.5 Å². The normalized spacial score (nSPS) is 10.3. The van der Waals surface area contributed by atoms with E-state index in [2.05, 4.69) is 22.2 Å². The third-order valence-corrected chi connectivity index (χ3v) is 2.68. The number of unbranched alkanes of at least 4 members (excludes halogenated alkanes) is 3. The molecule has 2 N–H and O–H groups in total. The van der Waals surface area contributed by atoms with Crippen molar-refractivity contribution in [2.24, 2.45) is 0 Å². The third kappa shape index (κ3) is 6.93. The SMILES string of the molecule is CCCCCCOC(=O)NCCCc1cnc[nH]1. The van der Waals surface area contributed by atoms with Crippen LogP contribution in [0, 0.1) is 0 Å². The summed E-state index contributed by atoms with van der Waals surface area (Å²) >= 11 is 0. The maximum Gasteiger partial charge on any atom is 0.407 e. The van der Waals surface area contributed by atoms with E-state index in [0.29, 0.717) is 13.2 Å². The summed E-state index contributed by atoms with van der Waals surface area (Å²) in [4.78, 5) is 18.2. The van der Waals surface area contributed by atoms with Crippen molar-refractivity contribution in [1.29, 1.82) is 0 Å². The van der Waals surface area contributed by atoms with E-state index in [4.69, 9.17) is 4.74 Å². The molecule has 0 fully saturated rings. The summed E-state index contributed by atoms with van der Waals surface area (Å²) in [6.07, 6.45) is 9.40. The molecule has 0 aliphatic rings. The predicted molar refractivity (Wildman–Crippen MR) is 70.4 cm³/mol. The van der Waals surface area contributed by atoms with Crippen LogP contribution < -0.4 is 5.32 Å². The second-order valence-corrected chi connectivity index (χ2v) is 4.30. The van der Waals surface area contributed by atoms with Crippen LogP contribution in [-0.2, 0) is 11.2 Å². The Hall–Kier alpha value is -1.52. The second kappa shape index (κ2) is 9.50. The Kier molecular flexibility index (Phi) is 7.68. The zero-order valence-electron chi connectivity index (χ0n) is 11.1. The van der Waals surface area contributed by atoms with Crippen LogP contribution in [-0.4, -0.2) is 29.2 Å². The molecule has 0 aliphatic carbocycles. The van der Waals surface area contributed by atoms with Gasteiger partial charge in [0.1, 0.15) is 0 Å². The molecular weight excluding hydrogens is 230 g/mol. The summed E-state index contributed by atoms with van der Waals surface area (Å²) in [6, 6.07) is 0. The Labute approximate surface area is 108 Å². The number of alkyl carbamates (subject to hydrolysis) is 1. The summed E-state index contributed by atoms with van der Waals surface area (Å²) in [5.41, 5.74) is 1.09. The topological polar surface area (TPSA) is 67.0 Å². The first-order valence-corrected chi connectivity index (χ1v) is 6.70. The van der Waals surface area contributed by atoms with Gasteiger partial charge in [0.05, 0.1) is 12.9 Å². The molecule has 1 heterocycles. The van der Waals surface area contributed by atoms with Gasteiger partial charge in [0.15, 0.2) is 0 Å². The molecule has 0 aliphatic heterocycles. The largest absolute Gasteiger partial charge is 0.450 e. The van der Waals surface area contributed by atoms with Crippen LogP contribution in [0.3, 0.4) is 0 Å². The monoisotopic (exact) mass is 253 g/mol. The Bertz CT molecular complexity index is 312. The number of carbonyl (C=O) groups excluding carboxylic acids is 1. The molecule has 0 aromatic carbocycles. The van der Waals surface area contributed by atoms with E-state index in [1.165, 1.54) is 12.8 Å². The zero-order valence-corrected chi connectivity index (χ0v) is 11.1. The fraction of sp³-hybridized carbons (Fsp3) is 0.692. The minimum absolute atomic E-state index is 0.309. The molecule has 0 saturated carbocycles. The number of rotatable bonds is 9.